The molecule has 1 fully saturated rings. The summed E-state index contributed by atoms with van der Waals surface area (Å²) in [6.45, 7) is 6.38. The summed E-state index contributed by atoms with van der Waals surface area (Å²) in [6.07, 6.45) is 2.13. The number of ether oxygens (including phenoxy) is 1. The summed E-state index contributed by atoms with van der Waals surface area (Å²) < 4.78 is 5.46. The largest absolute Gasteiger partial charge is 0.494 e. The van der Waals surface area contributed by atoms with Gasteiger partial charge in [0.1, 0.15) is 15.6 Å². The zero-order valence-corrected chi connectivity index (χ0v) is 17.4. The highest BCUT2D eigenvalue weighted by atomic mass is 35.5. The molecular formula is C18H25Cl2N3O2S. The lowest BCUT2D eigenvalue weighted by atomic mass is 10.1. The number of carbonyl (C=O) groups excluding carboxylic acids is 1. The van der Waals surface area contributed by atoms with Gasteiger partial charge in [-0.2, -0.15) is 0 Å². The number of hydrogen-bond acceptors (Lipinski definition) is 5. The van der Waals surface area contributed by atoms with Crippen molar-refractivity contribution in [1.82, 2.24) is 15.6 Å². The number of aryl methyl sites for hydroxylation is 1. The first-order valence-corrected chi connectivity index (χ1v) is 9.21. The third kappa shape index (κ3) is 5.58. The molecule has 0 saturated carbocycles. The van der Waals surface area contributed by atoms with Crippen molar-refractivity contribution in [3.05, 3.63) is 34.8 Å². The quantitative estimate of drug-likeness (QED) is 0.775. The standard InChI is InChI=1S/C18H23N3O2S.2ClH/c1-3-23-15-8-6-13(7-9-15)18-20-12(2)16(24-18)17(22)21-14-5-4-10-19-11-14;;/h6-9,14,19H,3-5,10-11H2,1-2H3,(H,21,22);2*1H. The maximum Gasteiger partial charge on any atom is 0.263 e. The molecule has 2 heterocycles. The first-order valence-electron chi connectivity index (χ1n) is 8.39. The number of nitrogens with zero attached hydrogens (tertiary/aromatic N) is 1. The van der Waals surface area contributed by atoms with Crippen LogP contribution in [0.5, 0.6) is 5.75 Å². The van der Waals surface area contributed by atoms with E-state index in [4.69, 9.17) is 4.74 Å². The highest BCUT2D eigenvalue weighted by Crippen LogP contribution is 2.29. The molecule has 1 aromatic carbocycles. The number of thiazole rings is 1. The number of benzene rings is 1. The molecule has 0 bridgehead atoms. The monoisotopic (exact) mass is 417 g/mol. The Kier molecular flexibility index (Phi) is 9.36. The number of hydrogen-bond donors (Lipinski definition) is 2. The molecule has 3 rings (SSSR count). The van der Waals surface area contributed by atoms with E-state index in [0.717, 1.165) is 47.9 Å². The van der Waals surface area contributed by atoms with Crippen molar-refractivity contribution in [2.24, 2.45) is 0 Å². The Balaban J connectivity index is 0.00000169. The minimum atomic E-state index is -0.0177. The van der Waals surface area contributed by atoms with Gasteiger partial charge in [-0.05, 0) is 57.5 Å². The summed E-state index contributed by atoms with van der Waals surface area (Å²) >= 11 is 1.44. The molecule has 5 nitrogen and oxygen atoms in total. The highest BCUT2D eigenvalue weighted by molar-refractivity contribution is 7.17. The van der Waals surface area contributed by atoms with Gasteiger partial charge in [0.15, 0.2) is 0 Å². The Bertz CT molecular complexity index is 701. The van der Waals surface area contributed by atoms with Crippen molar-refractivity contribution in [3.8, 4) is 16.3 Å². The molecule has 0 radical (unpaired) electrons. The molecule has 0 aliphatic carbocycles. The topological polar surface area (TPSA) is 63.2 Å². The summed E-state index contributed by atoms with van der Waals surface area (Å²) in [7, 11) is 0. The van der Waals surface area contributed by atoms with E-state index in [0.29, 0.717) is 11.5 Å². The second-order valence-corrected chi connectivity index (χ2v) is 6.91. The van der Waals surface area contributed by atoms with Crippen LogP contribution in [-0.2, 0) is 0 Å². The van der Waals surface area contributed by atoms with E-state index in [1.807, 2.05) is 38.1 Å². The Morgan fingerprint density at radius 3 is 2.69 bits per heavy atom. The summed E-state index contributed by atoms with van der Waals surface area (Å²) in [4.78, 5) is 17.8. The smallest absolute Gasteiger partial charge is 0.263 e. The van der Waals surface area contributed by atoms with Gasteiger partial charge in [0.2, 0.25) is 0 Å². The summed E-state index contributed by atoms with van der Waals surface area (Å²) in [5.74, 6) is 0.827. The fraction of sp³-hybridized carbons (Fsp3) is 0.444. The van der Waals surface area contributed by atoms with Gasteiger partial charge in [-0.15, -0.1) is 36.2 Å². The van der Waals surface area contributed by atoms with E-state index in [1.165, 1.54) is 11.3 Å². The molecule has 26 heavy (non-hydrogen) atoms. The molecule has 1 aliphatic rings. The normalized spacial score (nSPS) is 16.2. The zero-order chi connectivity index (χ0) is 16.9. The number of piperidine rings is 1. The van der Waals surface area contributed by atoms with Gasteiger partial charge < -0.3 is 15.4 Å². The molecule has 1 atom stereocenters. The molecule has 1 saturated heterocycles. The lowest BCUT2D eigenvalue weighted by Crippen LogP contribution is -2.45. The Labute approximate surface area is 170 Å². The number of rotatable bonds is 5. The SMILES string of the molecule is CCOc1ccc(-c2nc(C)c(C(=O)NC3CCCNC3)s2)cc1.Cl.Cl. The zero-order valence-electron chi connectivity index (χ0n) is 14.9. The molecule has 1 aromatic heterocycles. The lowest BCUT2D eigenvalue weighted by molar-refractivity contribution is 0.0934. The fourth-order valence-electron chi connectivity index (χ4n) is 2.82. The van der Waals surface area contributed by atoms with Crippen molar-refractivity contribution in [2.75, 3.05) is 19.7 Å². The molecule has 2 N–H and O–H groups in total. The van der Waals surface area contributed by atoms with Crippen LogP contribution < -0.4 is 15.4 Å². The van der Waals surface area contributed by atoms with Gasteiger partial charge in [-0.3, -0.25) is 4.79 Å². The summed E-state index contributed by atoms with van der Waals surface area (Å²) in [5.41, 5.74) is 1.79. The van der Waals surface area contributed by atoms with Crippen LogP contribution in [0, 0.1) is 6.92 Å². The average Bonchev–Trinajstić information content (AvgIpc) is 2.99. The second-order valence-electron chi connectivity index (χ2n) is 5.91. The number of carbonyl (C=O) groups is 1. The van der Waals surface area contributed by atoms with Crippen LogP contribution in [0.15, 0.2) is 24.3 Å². The second kappa shape index (κ2) is 10.7. The van der Waals surface area contributed by atoms with Crippen molar-refractivity contribution in [1.29, 1.82) is 0 Å². The molecule has 144 valence electrons. The minimum Gasteiger partial charge on any atom is -0.494 e. The van der Waals surface area contributed by atoms with Crippen LogP contribution in [0.2, 0.25) is 0 Å². The number of halogens is 2. The molecule has 2 aromatic rings. The first kappa shape index (κ1) is 22.7. The van der Waals surface area contributed by atoms with Crippen molar-refractivity contribution >= 4 is 42.1 Å². The van der Waals surface area contributed by atoms with E-state index < -0.39 is 0 Å². The molecule has 8 heteroatoms. The Hall–Kier alpha value is -1.34. The van der Waals surface area contributed by atoms with Gasteiger partial charge in [-0.1, -0.05) is 0 Å². The molecular weight excluding hydrogens is 393 g/mol. The molecule has 0 spiro atoms. The van der Waals surface area contributed by atoms with Crippen LogP contribution in [0.1, 0.15) is 35.1 Å². The van der Waals surface area contributed by atoms with E-state index in [1.54, 1.807) is 0 Å². The van der Waals surface area contributed by atoms with E-state index in [2.05, 4.69) is 15.6 Å². The third-order valence-corrected chi connectivity index (χ3v) is 5.25. The van der Waals surface area contributed by atoms with Crippen LogP contribution >= 0.6 is 36.2 Å². The Morgan fingerprint density at radius 1 is 1.35 bits per heavy atom. The third-order valence-electron chi connectivity index (χ3n) is 4.05. The number of aromatic nitrogens is 1. The van der Waals surface area contributed by atoms with E-state index in [9.17, 15) is 4.79 Å². The lowest BCUT2D eigenvalue weighted by Gasteiger charge is -2.23. The van der Waals surface area contributed by atoms with Gasteiger partial charge in [0.25, 0.3) is 5.91 Å². The minimum absolute atomic E-state index is 0. The highest BCUT2D eigenvalue weighted by Gasteiger charge is 2.20. The molecule has 1 aliphatic heterocycles. The number of nitrogens with one attached hydrogen (secondary N) is 2. The average molecular weight is 418 g/mol. The predicted octanol–water partition coefficient (Wildman–Crippen LogP) is 3.84. The van der Waals surface area contributed by atoms with E-state index >= 15 is 0 Å². The Morgan fingerprint density at radius 2 is 2.08 bits per heavy atom. The van der Waals surface area contributed by atoms with Crippen LogP contribution in [0.4, 0.5) is 0 Å². The van der Waals surface area contributed by atoms with Crippen LogP contribution in [0.3, 0.4) is 0 Å². The maximum atomic E-state index is 12.5. The summed E-state index contributed by atoms with van der Waals surface area (Å²) in [5, 5.41) is 7.29. The molecule has 1 unspecified atom stereocenters. The predicted molar refractivity (Wildman–Crippen MR) is 111 cm³/mol. The molecule has 1 amide bonds. The first-order chi connectivity index (χ1) is 11.7. The fourth-order valence-corrected chi connectivity index (χ4v) is 3.79. The van der Waals surface area contributed by atoms with Crippen molar-refractivity contribution < 1.29 is 9.53 Å². The van der Waals surface area contributed by atoms with Gasteiger partial charge >= 0.3 is 0 Å². The van der Waals surface area contributed by atoms with Gasteiger partial charge in [-0.25, -0.2) is 4.98 Å². The van der Waals surface area contributed by atoms with Crippen molar-refractivity contribution in [3.63, 3.8) is 0 Å². The van der Waals surface area contributed by atoms with Crippen molar-refractivity contribution in [2.45, 2.75) is 32.7 Å². The van der Waals surface area contributed by atoms with Gasteiger partial charge in [0, 0.05) is 18.2 Å². The van der Waals surface area contributed by atoms with Crippen LogP contribution in [0.25, 0.3) is 10.6 Å². The number of amides is 1. The van der Waals surface area contributed by atoms with Gasteiger partial charge in [0.05, 0.1) is 12.3 Å². The van der Waals surface area contributed by atoms with Crippen LogP contribution in [-0.4, -0.2) is 36.6 Å². The summed E-state index contributed by atoms with van der Waals surface area (Å²) in [6, 6.07) is 8.04. The van der Waals surface area contributed by atoms with E-state index in [-0.39, 0.29) is 36.8 Å². The maximum absolute atomic E-state index is 12.5.